The molecule has 1 aromatic heterocycles. The van der Waals surface area contributed by atoms with E-state index in [1.165, 1.54) is 7.11 Å². The zero-order valence-corrected chi connectivity index (χ0v) is 20.1. The van der Waals surface area contributed by atoms with E-state index in [1.54, 1.807) is 12.3 Å². The van der Waals surface area contributed by atoms with Gasteiger partial charge in [0.25, 0.3) is 0 Å². The number of esters is 1. The molecule has 0 bridgehead atoms. The zero-order valence-electron chi connectivity index (χ0n) is 19.4. The predicted octanol–water partition coefficient (Wildman–Crippen LogP) is 5.42. The summed E-state index contributed by atoms with van der Waals surface area (Å²) in [5.74, 6) is 0.411. The van der Waals surface area contributed by atoms with Crippen molar-refractivity contribution in [3.8, 4) is 11.1 Å². The Labute approximate surface area is 208 Å². The molecule has 1 saturated heterocycles. The number of methoxy groups -OCH3 is 1. The largest absolute Gasteiger partial charge is 0.469 e. The highest BCUT2D eigenvalue weighted by Gasteiger charge is 2.22. The van der Waals surface area contributed by atoms with E-state index < -0.39 is 0 Å². The summed E-state index contributed by atoms with van der Waals surface area (Å²) in [5, 5.41) is 3.56. The maximum atomic E-state index is 12.5. The van der Waals surface area contributed by atoms with Crippen molar-refractivity contribution in [3.63, 3.8) is 0 Å². The molecule has 3 aromatic rings. The molecule has 2 aliphatic heterocycles. The highest BCUT2D eigenvalue weighted by Crippen LogP contribution is 2.33. The normalized spacial score (nSPS) is 14.5. The van der Waals surface area contributed by atoms with Crippen LogP contribution in [0.5, 0.6) is 0 Å². The zero-order chi connectivity index (χ0) is 24.4. The molecule has 8 heteroatoms. The lowest BCUT2D eigenvalue weighted by Gasteiger charge is -2.17. The molecule has 0 unspecified atom stereocenters. The lowest BCUT2D eigenvalue weighted by Crippen LogP contribution is -2.32. The third kappa shape index (κ3) is 5.05. The van der Waals surface area contributed by atoms with Gasteiger partial charge in [0.1, 0.15) is 0 Å². The molecule has 0 aliphatic carbocycles. The summed E-state index contributed by atoms with van der Waals surface area (Å²) in [7, 11) is 1.39. The number of amides is 2. The number of anilines is 1. The van der Waals surface area contributed by atoms with E-state index in [0.717, 1.165) is 59.5 Å². The Morgan fingerprint density at radius 2 is 1.83 bits per heavy atom. The summed E-state index contributed by atoms with van der Waals surface area (Å²) < 4.78 is 4.73. The molecule has 0 spiro atoms. The minimum atomic E-state index is -0.264. The SMILES string of the molecule is COC(=O)Cc1ccc(-c2cnc3c(c2)CC(c2cc(NC(=O)N4CCCC4)ccc2Cl)=N3)cc1. The number of nitrogens with one attached hydrogen (secondary N) is 1. The van der Waals surface area contributed by atoms with Crippen LogP contribution in [0.1, 0.15) is 29.5 Å². The maximum absolute atomic E-state index is 12.5. The summed E-state index contributed by atoms with van der Waals surface area (Å²) in [6, 6.07) is 15.3. The molecule has 3 heterocycles. The monoisotopic (exact) mass is 488 g/mol. The molecule has 5 rings (SSSR count). The van der Waals surface area contributed by atoms with E-state index >= 15 is 0 Å². The van der Waals surface area contributed by atoms with Crippen LogP contribution >= 0.6 is 11.6 Å². The van der Waals surface area contributed by atoms with Gasteiger partial charge in [-0.05, 0) is 48.2 Å². The second kappa shape index (κ2) is 9.88. The van der Waals surface area contributed by atoms with Crippen LogP contribution in [0.2, 0.25) is 5.02 Å². The minimum absolute atomic E-state index is 0.0867. The van der Waals surface area contributed by atoms with Crippen molar-refractivity contribution >= 4 is 40.8 Å². The number of nitrogens with zero attached hydrogens (tertiary/aromatic N) is 3. The number of rotatable bonds is 5. The molecule has 7 nitrogen and oxygen atoms in total. The average Bonchev–Trinajstić information content (AvgIpc) is 3.55. The molecule has 0 radical (unpaired) electrons. The number of ether oxygens (including phenoxy) is 1. The van der Waals surface area contributed by atoms with Gasteiger partial charge in [0, 0.05) is 53.1 Å². The number of benzene rings is 2. The fraction of sp³-hybridized carbons (Fsp3) is 0.259. The fourth-order valence-corrected chi connectivity index (χ4v) is 4.62. The van der Waals surface area contributed by atoms with E-state index in [0.29, 0.717) is 22.9 Å². The van der Waals surface area contributed by atoms with Crippen molar-refractivity contribution in [1.82, 2.24) is 9.88 Å². The predicted molar refractivity (Wildman–Crippen MR) is 137 cm³/mol. The average molecular weight is 489 g/mol. The van der Waals surface area contributed by atoms with Crippen molar-refractivity contribution in [2.45, 2.75) is 25.7 Å². The minimum Gasteiger partial charge on any atom is -0.469 e. The molecule has 1 N–H and O–H groups in total. The Morgan fingerprint density at radius 3 is 2.57 bits per heavy atom. The summed E-state index contributed by atoms with van der Waals surface area (Å²) in [4.78, 5) is 35.1. The first-order valence-electron chi connectivity index (χ1n) is 11.6. The lowest BCUT2D eigenvalue weighted by molar-refractivity contribution is -0.139. The second-order valence-electron chi connectivity index (χ2n) is 8.71. The number of urea groups is 1. The summed E-state index contributed by atoms with van der Waals surface area (Å²) >= 11 is 6.51. The standard InChI is InChI=1S/C27H25ClN4O3/c1-35-25(33)12-17-4-6-18(7-5-17)20-13-19-14-24(31-26(19)29-16-20)22-15-21(8-9-23(22)28)30-27(34)32-10-2-3-11-32/h4-9,13,15-16H,2-3,10-12,14H2,1H3,(H,30,34). The van der Waals surface area contributed by atoms with Crippen molar-refractivity contribution in [3.05, 3.63) is 76.4 Å². The number of likely N-dealkylation sites (tertiary alicyclic amines) is 1. The van der Waals surface area contributed by atoms with Crippen LogP contribution in [0.25, 0.3) is 11.1 Å². The highest BCUT2D eigenvalue weighted by atomic mass is 35.5. The van der Waals surface area contributed by atoms with E-state index in [1.807, 2.05) is 41.3 Å². The van der Waals surface area contributed by atoms with Gasteiger partial charge in [0.2, 0.25) is 0 Å². The Balaban J connectivity index is 1.32. The first-order valence-corrected chi connectivity index (χ1v) is 12.0. The summed E-state index contributed by atoms with van der Waals surface area (Å²) in [5.41, 5.74) is 6.19. The third-order valence-electron chi connectivity index (χ3n) is 6.33. The van der Waals surface area contributed by atoms with Gasteiger partial charge in [-0.1, -0.05) is 35.9 Å². The molecule has 1 fully saturated rings. The van der Waals surface area contributed by atoms with Gasteiger partial charge in [0.15, 0.2) is 5.82 Å². The van der Waals surface area contributed by atoms with Crippen LogP contribution in [0.15, 0.2) is 59.7 Å². The lowest BCUT2D eigenvalue weighted by atomic mass is 10.0. The third-order valence-corrected chi connectivity index (χ3v) is 6.66. The number of carbonyl (C=O) groups excluding carboxylic acids is 2. The number of hydrogen-bond acceptors (Lipinski definition) is 5. The molecular formula is C27H25ClN4O3. The van der Waals surface area contributed by atoms with E-state index in [2.05, 4.69) is 16.4 Å². The van der Waals surface area contributed by atoms with Crippen LogP contribution in [0, 0.1) is 0 Å². The number of halogens is 1. The molecule has 35 heavy (non-hydrogen) atoms. The van der Waals surface area contributed by atoms with E-state index in [9.17, 15) is 9.59 Å². The topological polar surface area (TPSA) is 83.9 Å². The molecule has 2 aliphatic rings. The summed E-state index contributed by atoms with van der Waals surface area (Å²) in [6.07, 6.45) is 4.73. The van der Waals surface area contributed by atoms with Crippen molar-refractivity contribution < 1.29 is 14.3 Å². The molecule has 178 valence electrons. The molecule has 0 saturated carbocycles. The molecule has 0 atom stereocenters. The van der Waals surface area contributed by atoms with E-state index in [4.69, 9.17) is 21.3 Å². The first-order chi connectivity index (χ1) is 17.0. The van der Waals surface area contributed by atoms with Crippen LogP contribution < -0.4 is 5.32 Å². The highest BCUT2D eigenvalue weighted by molar-refractivity contribution is 6.34. The quantitative estimate of drug-likeness (QED) is 0.486. The van der Waals surface area contributed by atoms with Gasteiger partial charge >= 0.3 is 12.0 Å². The van der Waals surface area contributed by atoms with Gasteiger partial charge in [-0.15, -0.1) is 0 Å². The Morgan fingerprint density at radius 1 is 1.06 bits per heavy atom. The van der Waals surface area contributed by atoms with Crippen molar-refractivity contribution in [1.29, 1.82) is 0 Å². The van der Waals surface area contributed by atoms with Gasteiger partial charge < -0.3 is 15.0 Å². The molecule has 2 aromatic carbocycles. The van der Waals surface area contributed by atoms with Gasteiger partial charge in [-0.3, -0.25) is 4.79 Å². The first kappa shape index (κ1) is 23.1. The maximum Gasteiger partial charge on any atom is 0.321 e. The van der Waals surface area contributed by atoms with Gasteiger partial charge in [0.05, 0.1) is 19.2 Å². The van der Waals surface area contributed by atoms with Crippen LogP contribution in [-0.2, 0) is 22.4 Å². The Kier molecular flexibility index (Phi) is 6.51. The van der Waals surface area contributed by atoms with Crippen LogP contribution in [-0.4, -0.2) is 47.8 Å². The number of aromatic nitrogens is 1. The number of carbonyl (C=O) groups is 2. The summed E-state index contributed by atoms with van der Waals surface area (Å²) in [6.45, 7) is 1.58. The van der Waals surface area contributed by atoms with Gasteiger partial charge in [-0.25, -0.2) is 14.8 Å². The number of hydrogen-bond donors (Lipinski definition) is 1. The van der Waals surface area contributed by atoms with Crippen LogP contribution in [0.3, 0.4) is 0 Å². The number of aliphatic imine (C=N–C) groups is 1. The Bertz CT molecular complexity index is 1310. The number of fused-ring (bicyclic) bond motifs is 1. The molecular weight excluding hydrogens is 464 g/mol. The van der Waals surface area contributed by atoms with Gasteiger partial charge in [-0.2, -0.15) is 0 Å². The Hall–Kier alpha value is -3.71. The van der Waals surface area contributed by atoms with Crippen molar-refractivity contribution in [2.24, 2.45) is 4.99 Å². The smallest absolute Gasteiger partial charge is 0.321 e. The van der Waals surface area contributed by atoms with E-state index in [-0.39, 0.29) is 18.4 Å². The van der Waals surface area contributed by atoms with Crippen molar-refractivity contribution in [2.75, 3.05) is 25.5 Å². The van der Waals surface area contributed by atoms with Crippen LogP contribution in [0.4, 0.5) is 16.3 Å². The molecule has 2 amide bonds. The number of pyridine rings is 1. The fourth-order valence-electron chi connectivity index (χ4n) is 4.40. The second-order valence-corrected chi connectivity index (χ2v) is 9.12.